The van der Waals surface area contributed by atoms with Gasteiger partial charge in [-0.05, 0) is 18.6 Å². The number of hydrogen-bond donors (Lipinski definition) is 0. The second kappa shape index (κ2) is 2.23. The highest BCUT2D eigenvalue weighted by Crippen LogP contribution is 2.10. The Kier molecular flexibility index (Phi) is 1.59. The molecule has 1 nitrogen and oxygen atoms in total. The molecule has 1 heterocycles. The van der Waals surface area contributed by atoms with E-state index in [1.807, 2.05) is 13.0 Å². The summed E-state index contributed by atoms with van der Waals surface area (Å²) < 4.78 is 4.98. The Morgan fingerprint density at radius 2 is 2.50 bits per heavy atom. The molecule has 0 amide bonds. The molecule has 0 bridgehead atoms. The van der Waals surface area contributed by atoms with Crippen LogP contribution in [0, 0.1) is 6.92 Å². The lowest BCUT2D eigenvalue weighted by molar-refractivity contribution is 0.526. The normalized spacial score (nSPS) is 9.75. The minimum atomic E-state index is 0.471. The monoisotopic (exact) mass is 130 g/mol. The van der Waals surface area contributed by atoms with E-state index in [4.69, 9.17) is 16.0 Å². The molecule has 0 aliphatic carbocycles. The summed E-state index contributed by atoms with van der Waals surface area (Å²) in [5.41, 5.74) is 1.13. The molecule has 0 spiro atoms. The summed E-state index contributed by atoms with van der Waals surface area (Å²) in [4.78, 5) is 0. The van der Waals surface area contributed by atoms with Crippen molar-refractivity contribution in [2.45, 2.75) is 12.8 Å². The van der Waals surface area contributed by atoms with Crippen molar-refractivity contribution in [1.29, 1.82) is 0 Å². The summed E-state index contributed by atoms with van der Waals surface area (Å²) in [6, 6.07) is 1.90. The van der Waals surface area contributed by atoms with Crippen molar-refractivity contribution in [3.8, 4) is 0 Å². The van der Waals surface area contributed by atoms with Gasteiger partial charge in [0.25, 0.3) is 0 Å². The first kappa shape index (κ1) is 5.70. The molecular formula is C6H7ClO. The Hall–Kier alpha value is -0.430. The van der Waals surface area contributed by atoms with Crippen LogP contribution in [0.1, 0.15) is 11.3 Å². The van der Waals surface area contributed by atoms with Crippen LogP contribution < -0.4 is 0 Å². The fourth-order valence-electron chi connectivity index (χ4n) is 0.541. The van der Waals surface area contributed by atoms with Crippen LogP contribution in [0.2, 0.25) is 0 Å². The lowest BCUT2D eigenvalue weighted by Crippen LogP contribution is -1.72. The third-order valence-corrected chi connectivity index (χ3v) is 1.33. The molecule has 0 saturated heterocycles. The highest BCUT2D eigenvalue weighted by Gasteiger charge is 1.96. The Balaban J connectivity index is 2.92. The second-order valence-corrected chi connectivity index (χ2v) is 1.93. The first-order valence-corrected chi connectivity index (χ1v) is 2.97. The average molecular weight is 131 g/mol. The van der Waals surface area contributed by atoms with Crippen LogP contribution in [0.5, 0.6) is 0 Å². The van der Waals surface area contributed by atoms with Crippen LogP contribution in [-0.4, -0.2) is 0 Å². The van der Waals surface area contributed by atoms with E-state index in [-0.39, 0.29) is 0 Å². The predicted molar refractivity (Wildman–Crippen MR) is 33.0 cm³/mol. The third-order valence-electron chi connectivity index (χ3n) is 1.09. The van der Waals surface area contributed by atoms with Gasteiger partial charge in [-0.2, -0.15) is 0 Å². The summed E-state index contributed by atoms with van der Waals surface area (Å²) in [6.07, 6.45) is 1.65. The number of alkyl halides is 1. The maximum atomic E-state index is 5.48. The van der Waals surface area contributed by atoms with Gasteiger partial charge >= 0.3 is 0 Å². The number of halogens is 1. The molecule has 0 saturated carbocycles. The van der Waals surface area contributed by atoms with Gasteiger partial charge in [-0.3, -0.25) is 0 Å². The van der Waals surface area contributed by atoms with E-state index in [1.165, 1.54) is 0 Å². The van der Waals surface area contributed by atoms with Crippen molar-refractivity contribution in [2.75, 3.05) is 0 Å². The Labute approximate surface area is 53.3 Å². The fourth-order valence-corrected chi connectivity index (χ4v) is 0.815. The molecule has 0 aliphatic rings. The third kappa shape index (κ3) is 0.869. The van der Waals surface area contributed by atoms with E-state index in [0.717, 1.165) is 11.3 Å². The van der Waals surface area contributed by atoms with Gasteiger partial charge in [0.1, 0.15) is 5.76 Å². The smallest absolute Gasteiger partial charge is 0.121 e. The molecule has 8 heavy (non-hydrogen) atoms. The van der Waals surface area contributed by atoms with Gasteiger partial charge in [-0.15, -0.1) is 11.6 Å². The number of hydrogen-bond acceptors (Lipinski definition) is 1. The summed E-state index contributed by atoms with van der Waals surface area (Å²) in [7, 11) is 0. The molecular weight excluding hydrogens is 124 g/mol. The SMILES string of the molecule is Cc1ccoc1CCl. The minimum Gasteiger partial charge on any atom is -0.468 e. The van der Waals surface area contributed by atoms with Crippen molar-refractivity contribution in [2.24, 2.45) is 0 Å². The molecule has 1 aromatic rings. The lowest BCUT2D eigenvalue weighted by atomic mass is 10.3. The van der Waals surface area contributed by atoms with Gasteiger partial charge in [0.2, 0.25) is 0 Å². The quantitative estimate of drug-likeness (QED) is 0.532. The van der Waals surface area contributed by atoms with Gasteiger partial charge in [0.05, 0.1) is 12.1 Å². The predicted octanol–water partition coefficient (Wildman–Crippen LogP) is 2.33. The van der Waals surface area contributed by atoms with Crippen molar-refractivity contribution >= 4 is 11.6 Å². The molecule has 1 rings (SSSR count). The molecule has 44 valence electrons. The highest BCUT2D eigenvalue weighted by molar-refractivity contribution is 6.16. The minimum absolute atomic E-state index is 0.471. The van der Waals surface area contributed by atoms with E-state index >= 15 is 0 Å². The van der Waals surface area contributed by atoms with Gasteiger partial charge in [0.15, 0.2) is 0 Å². The maximum Gasteiger partial charge on any atom is 0.121 e. The second-order valence-electron chi connectivity index (χ2n) is 1.66. The first-order valence-electron chi connectivity index (χ1n) is 2.43. The molecule has 0 radical (unpaired) electrons. The number of rotatable bonds is 1. The van der Waals surface area contributed by atoms with E-state index in [2.05, 4.69) is 0 Å². The molecule has 2 heteroatoms. The molecule has 0 aromatic carbocycles. The molecule has 0 N–H and O–H groups in total. The maximum absolute atomic E-state index is 5.48. The molecule has 1 aromatic heterocycles. The van der Waals surface area contributed by atoms with Crippen LogP contribution in [-0.2, 0) is 5.88 Å². The zero-order valence-electron chi connectivity index (χ0n) is 4.65. The van der Waals surface area contributed by atoms with Crippen molar-refractivity contribution in [3.05, 3.63) is 23.7 Å². The zero-order valence-corrected chi connectivity index (χ0v) is 5.40. The van der Waals surface area contributed by atoms with Crippen LogP contribution in [0.15, 0.2) is 16.7 Å². The van der Waals surface area contributed by atoms with Crippen LogP contribution in [0.3, 0.4) is 0 Å². The van der Waals surface area contributed by atoms with E-state index < -0.39 is 0 Å². The highest BCUT2D eigenvalue weighted by atomic mass is 35.5. The largest absolute Gasteiger partial charge is 0.468 e. The van der Waals surface area contributed by atoms with Gasteiger partial charge in [-0.25, -0.2) is 0 Å². The van der Waals surface area contributed by atoms with Crippen LogP contribution in [0.25, 0.3) is 0 Å². The van der Waals surface area contributed by atoms with Gasteiger partial charge in [0, 0.05) is 0 Å². The first-order chi connectivity index (χ1) is 3.84. The topological polar surface area (TPSA) is 13.1 Å². The summed E-state index contributed by atoms with van der Waals surface area (Å²) in [5, 5.41) is 0. The zero-order chi connectivity index (χ0) is 5.98. The Bertz CT molecular complexity index is 169. The van der Waals surface area contributed by atoms with Crippen LogP contribution >= 0.6 is 11.6 Å². The lowest BCUT2D eigenvalue weighted by Gasteiger charge is -1.85. The van der Waals surface area contributed by atoms with E-state index in [1.54, 1.807) is 6.26 Å². The van der Waals surface area contributed by atoms with E-state index in [0.29, 0.717) is 5.88 Å². The van der Waals surface area contributed by atoms with Crippen molar-refractivity contribution in [3.63, 3.8) is 0 Å². The number of furan rings is 1. The number of aryl methyl sites for hydroxylation is 1. The Morgan fingerprint density at radius 1 is 1.75 bits per heavy atom. The summed E-state index contributed by atoms with van der Waals surface area (Å²) in [5.74, 6) is 1.34. The van der Waals surface area contributed by atoms with Crippen LogP contribution in [0.4, 0.5) is 0 Å². The Morgan fingerprint density at radius 3 is 2.75 bits per heavy atom. The molecule has 0 atom stereocenters. The van der Waals surface area contributed by atoms with E-state index in [9.17, 15) is 0 Å². The molecule has 0 aliphatic heterocycles. The molecule has 0 fully saturated rings. The summed E-state index contributed by atoms with van der Waals surface area (Å²) >= 11 is 5.48. The van der Waals surface area contributed by atoms with Crippen molar-refractivity contribution in [1.82, 2.24) is 0 Å². The van der Waals surface area contributed by atoms with Gasteiger partial charge in [-0.1, -0.05) is 0 Å². The standard InChI is InChI=1S/C6H7ClO/c1-5-2-3-8-6(5)4-7/h2-3H,4H2,1H3. The van der Waals surface area contributed by atoms with Gasteiger partial charge < -0.3 is 4.42 Å². The average Bonchev–Trinajstić information content (AvgIpc) is 2.14. The van der Waals surface area contributed by atoms with Crippen molar-refractivity contribution < 1.29 is 4.42 Å². The molecule has 0 unspecified atom stereocenters. The summed E-state index contributed by atoms with van der Waals surface area (Å²) in [6.45, 7) is 1.97. The fraction of sp³-hybridized carbons (Fsp3) is 0.333.